The highest BCUT2D eigenvalue weighted by Crippen LogP contribution is 2.10. The van der Waals surface area contributed by atoms with Crippen LogP contribution in [0.15, 0.2) is 36.4 Å². The molecule has 0 unspecified atom stereocenters. The van der Waals surface area contributed by atoms with Gasteiger partial charge in [0, 0.05) is 12.2 Å². The van der Waals surface area contributed by atoms with Crippen LogP contribution in [0.4, 0.5) is 5.69 Å². The van der Waals surface area contributed by atoms with Crippen molar-refractivity contribution >= 4 is 17.5 Å². The number of hydrogen-bond acceptors (Lipinski definition) is 3. The number of carbonyl (C=O) groups is 2. The van der Waals surface area contributed by atoms with E-state index in [0.29, 0.717) is 12.2 Å². The second-order valence-electron chi connectivity index (χ2n) is 3.80. The molecule has 0 fully saturated rings. The van der Waals surface area contributed by atoms with Crippen molar-refractivity contribution in [3.05, 3.63) is 42.0 Å². The van der Waals surface area contributed by atoms with Gasteiger partial charge in [-0.2, -0.15) is 5.26 Å². The van der Waals surface area contributed by atoms with Gasteiger partial charge in [-0.1, -0.05) is 18.2 Å². The first-order valence-electron chi connectivity index (χ1n) is 5.82. The Bertz CT molecular complexity index is 530. The van der Waals surface area contributed by atoms with Crippen molar-refractivity contribution in [3.8, 4) is 6.07 Å². The summed E-state index contributed by atoms with van der Waals surface area (Å²) in [7, 11) is 0. The molecule has 1 aromatic carbocycles. The van der Waals surface area contributed by atoms with Gasteiger partial charge in [-0.05, 0) is 30.7 Å². The molecular formula is C14H15N3O2. The van der Waals surface area contributed by atoms with E-state index in [-0.39, 0.29) is 18.2 Å². The summed E-state index contributed by atoms with van der Waals surface area (Å²) in [5.74, 6) is -0.515. The van der Waals surface area contributed by atoms with E-state index in [1.54, 1.807) is 37.3 Å². The molecule has 19 heavy (non-hydrogen) atoms. The Morgan fingerprint density at radius 2 is 2.21 bits per heavy atom. The summed E-state index contributed by atoms with van der Waals surface area (Å²) >= 11 is 0. The maximum absolute atomic E-state index is 11.4. The lowest BCUT2D eigenvalue weighted by Crippen LogP contribution is -2.21. The average molecular weight is 257 g/mol. The number of anilines is 1. The molecule has 98 valence electrons. The Morgan fingerprint density at radius 3 is 2.89 bits per heavy atom. The Morgan fingerprint density at radius 1 is 1.42 bits per heavy atom. The summed E-state index contributed by atoms with van der Waals surface area (Å²) in [4.78, 5) is 22.5. The van der Waals surface area contributed by atoms with Crippen LogP contribution in [0.25, 0.3) is 0 Å². The summed E-state index contributed by atoms with van der Waals surface area (Å²) in [6.07, 6.45) is 2.93. The van der Waals surface area contributed by atoms with Crippen LogP contribution in [0.1, 0.15) is 18.9 Å². The zero-order chi connectivity index (χ0) is 14.1. The minimum absolute atomic E-state index is 0.155. The predicted octanol–water partition coefficient (Wildman–Crippen LogP) is 1.73. The number of nitriles is 1. The summed E-state index contributed by atoms with van der Waals surface area (Å²) in [6, 6.07) is 8.94. The maximum Gasteiger partial charge on any atom is 0.248 e. The van der Waals surface area contributed by atoms with Gasteiger partial charge in [0.1, 0.15) is 6.42 Å². The highest BCUT2D eigenvalue weighted by molar-refractivity contribution is 5.99. The molecule has 0 saturated carbocycles. The highest BCUT2D eigenvalue weighted by Gasteiger charge is 2.02. The molecule has 1 rings (SSSR count). The van der Waals surface area contributed by atoms with Gasteiger partial charge in [-0.15, -0.1) is 0 Å². The second-order valence-corrected chi connectivity index (χ2v) is 3.80. The standard InChI is InChI=1S/C14H15N3O2/c1-2-4-14(19)17-12-6-3-5-11(9-12)10-16-13(18)7-8-15/h2-6,9H,7,10H2,1H3,(H,16,18)(H,17,19)/b4-2+. The van der Waals surface area contributed by atoms with Crippen molar-refractivity contribution in [2.24, 2.45) is 0 Å². The zero-order valence-corrected chi connectivity index (χ0v) is 10.6. The molecule has 0 radical (unpaired) electrons. The summed E-state index contributed by atoms with van der Waals surface area (Å²) in [5, 5.41) is 13.7. The molecule has 5 nitrogen and oxygen atoms in total. The first-order chi connectivity index (χ1) is 9.15. The molecule has 0 aliphatic heterocycles. The number of allylic oxidation sites excluding steroid dienone is 1. The van der Waals surface area contributed by atoms with Crippen LogP contribution in [0.5, 0.6) is 0 Å². The maximum atomic E-state index is 11.4. The molecule has 0 saturated heterocycles. The van der Waals surface area contributed by atoms with E-state index in [4.69, 9.17) is 5.26 Å². The fourth-order valence-electron chi connectivity index (χ4n) is 1.43. The van der Waals surface area contributed by atoms with E-state index < -0.39 is 0 Å². The van der Waals surface area contributed by atoms with Crippen molar-refractivity contribution in [2.45, 2.75) is 19.9 Å². The van der Waals surface area contributed by atoms with Gasteiger partial charge in [-0.3, -0.25) is 9.59 Å². The van der Waals surface area contributed by atoms with Crippen LogP contribution in [0.3, 0.4) is 0 Å². The van der Waals surface area contributed by atoms with Crippen LogP contribution >= 0.6 is 0 Å². The van der Waals surface area contributed by atoms with Crippen molar-refractivity contribution in [1.29, 1.82) is 5.26 Å². The summed E-state index contributed by atoms with van der Waals surface area (Å²) in [6.45, 7) is 2.09. The molecule has 0 aromatic heterocycles. The molecule has 5 heteroatoms. The molecule has 0 atom stereocenters. The minimum Gasteiger partial charge on any atom is -0.351 e. The first-order valence-corrected chi connectivity index (χ1v) is 5.82. The number of amides is 2. The molecule has 0 spiro atoms. The molecule has 2 amide bonds. The van der Waals surface area contributed by atoms with Crippen molar-refractivity contribution in [1.82, 2.24) is 5.32 Å². The smallest absolute Gasteiger partial charge is 0.248 e. The lowest BCUT2D eigenvalue weighted by Gasteiger charge is -2.06. The van der Waals surface area contributed by atoms with E-state index in [1.807, 2.05) is 6.07 Å². The normalized spacial score (nSPS) is 9.89. The van der Waals surface area contributed by atoms with Crippen LogP contribution < -0.4 is 10.6 Å². The van der Waals surface area contributed by atoms with E-state index in [2.05, 4.69) is 10.6 Å². The van der Waals surface area contributed by atoms with Gasteiger partial charge in [0.2, 0.25) is 11.8 Å². The van der Waals surface area contributed by atoms with Gasteiger partial charge in [-0.25, -0.2) is 0 Å². The summed E-state index contributed by atoms with van der Waals surface area (Å²) < 4.78 is 0. The van der Waals surface area contributed by atoms with Gasteiger partial charge in [0.05, 0.1) is 6.07 Å². The van der Waals surface area contributed by atoms with E-state index in [0.717, 1.165) is 5.56 Å². The number of nitrogens with zero attached hydrogens (tertiary/aromatic N) is 1. The predicted molar refractivity (Wildman–Crippen MR) is 72.0 cm³/mol. The zero-order valence-electron chi connectivity index (χ0n) is 10.6. The molecular weight excluding hydrogens is 242 g/mol. The quantitative estimate of drug-likeness (QED) is 0.788. The van der Waals surface area contributed by atoms with Gasteiger partial charge in [0.15, 0.2) is 0 Å². The fourth-order valence-corrected chi connectivity index (χ4v) is 1.43. The number of benzene rings is 1. The minimum atomic E-state index is -0.314. The van der Waals surface area contributed by atoms with E-state index in [9.17, 15) is 9.59 Å². The SMILES string of the molecule is C/C=C/C(=O)Nc1cccc(CNC(=O)CC#N)c1. The van der Waals surface area contributed by atoms with Gasteiger partial charge >= 0.3 is 0 Å². The van der Waals surface area contributed by atoms with E-state index >= 15 is 0 Å². The third-order valence-corrected chi connectivity index (χ3v) is 2.24. The number of carbonyl (C=O) groups excluding carboxylic acids is 2. The molecule has 1 aromatic rings. The third-order valence-electron chi connectivity index (χ3n) is 2.24. The molecule has 0 bridgehead atoms. The topological polar surface area (TPSA) is 82.0 Å². The van der Waals surface area contributed by atoms with Crippen LogP contribution in [0.2, 0.25) is 0 Å². The lowest BCUT2D eigenvalue weighted by atomic mass is 10.2. The lowest BCUT2D eigenvalue weighted by molar-refractivity contribution is -0.120. The number of rotatable bonds is 5. The highest BCUT2D eigenvalue weighted by atomic mass is 16.2. The molecule has 0 aliphatic rings. The van der Waals surface area contributed by atoms with Crippen LogP contribution in [0, 0.1) is 11.3 Å². The second kappa shape index (κ2) is 7.67. The fraction of sp³-hybridized carbons (Fsp3) is 0.214. The Kier molecular flexibility index (Phi) is 5.83. The van der Waals surface area contributed by atoms with E-state index in [1.165, 1.54) is 6.08 Å². The largest absolute Gasteiger partial charge is 0.351 e. The Balaban J connectivity index is 2.60. The molecule has 0 aliphatic carbocycles. The van der Waals surface area contributed by atoms with Crippen molar-refractivity contribution < 1.29 is 9.59 Å². The van der Waals surface area contributed by atoms with Crippen LogP contribution in [-0.2, 0) is 16.1 Å². The Labute approximate surface area is 111 Å². The van der Waals surface area contributed by atoms with Gasteiger partial charge in [0.25, 0.3) is 0 Å². The summed E-state index contributed by atoms with van der Waals surface area (Å²) in [5.41, 5.74) is 1.51. The number of hydrogen-bond donors (Lipinski definition) is 2. The van der Waals surface area contributed by atoms with Gasteiger partial charge < -0.3 is 10.6 Å². The third kappa shape index (κ3) is 5.50. The molecule has 2 N–H and O–H groups in total. The van der Waals surface area contributed by atoms with Crippen molar-refractivity contribution in [3.63, 3.8) is 0 Å². The average Bonchev–Trinajstić information content (AvgIpc) is 2.37. The van der Waals surface area contributed by atoms with Crippen molar-refractivity contribution in [2.75, 3.05) is 5.32 Å². The number of nitrogens with one attached hydrogen (secondary N) is 2. The van der Waals surface area contributed by atoms with Crippen LogP contribution in [-0.4, -0.2) is 11.8 Å². The first kappa shape index (κ1) is 14.5. The Hall–Kier alpha value is -2.61. The monoisotopic (exact) mass is 257 g/mol. The molecule has 0 heterocycles.